The van der Waals surface area contributed by atoms with Gasteiger partial charge in [0, 0.05) is 19.6 Å². The number of rotatable bonds is 9. The maximum absolute atomic E-state index is 12.6. The summed E-state index contributed by atoms with van der Waals surface area (Å²) in [5.41, 5.74) is 2.27. The van der Waals surface area contributed by atoms with Gasteiger partial charge in [0.05, 0.1) is 12.0 Å². The number of aryl methyl sites for hydroxylation is 1. The normalized spacial score (nSPS) is 20.2. The molecular formula is C20H29NO4. The number of unbranched alkanes of at least 4 members (excludes halogenated alkanes) is 3. The van der Waals surface area contributed by atoms with Crippen LogP contribution in [-0.2, 0) is 14.3 Å². The number of carboxylic acids is 1. The van der Waals surface area contributed by atoms with Gasteiger partial charge in [-0.15, -0.1) is 0 Å². The van der Waals surface area contributed by atoms with E-state index in [1.54, 1.807) is 0 Å². The molecule has 5 nitrogen and oxygen atoms in total. The van der Waals surface area contributed by atoms with Crippen molar-refractivity contribution in [2.24, 2.45) is 5.92 Å². The van der Waals surface area contributed by atoms with Gasteiger partial charge in [0.25, 0.3) is 0 Å². The van der Waals surface area contributed by atoms with E-state index in [2.05, 4.69) is 17.4 Å². The van der Waals surface area contributed by atoms with Gasteiger partial charge in [0.1, 0.15) is 0 Å². The number of ether oxygens (including phenoxy) is 1. The van der Waals surface area contributed by atoms with Crippen LogP contribution in [0.4, 0.5) is 0 Å². The SMILES string of the molecule is Cc1ccc(C2OCCCC2C(=O)NCCCCCCC(=O)O)cc1. The molecule has 5 heteroatoms. The Balaban J connectivity index is 1.76. The van der Waals surface area contributed by atoms with Crippen molar-refractivity contribution in [3.05, 3.63) is 35.4 Å². The van der Waals surface area contributed by atoms with Gasteiger partial charge in [-0.3, -0.25) is 9.59 Å². The monoisotopic (exact) mass is 347 g/mol. The highest BCUT2D eigenvalue weighted by Crippen LogP contribution is 2.33. The molecule has 1 aromatic rings. The smallest absolute Gasteiger partial charge is 0.303 e. The zero-order valence-electron chi connectivity index (χ0n) is 15.0. The third-order valence-corrected chi connectivity index (χ3v) is 4.68. The fraction of sp³-hybridized carbons (Fsp3) is 0.600. The van der Waals surface area contributed by atoms with Crippen molar-refractivity contribution in [2.45, 2.75) is 58.0 Å². The first-order valence-electron chi connectivity index (χ1n) is 9.25. The average molecular weight is 347 g/mol. The highest BCUT2D eigenvalue weighted by molar-refractivity contribution is 5.79. The third-order valence-electron chi connectivity index (χ3n) is 4.68. The third kappa shape index (κ3) is 6.50. The molecule has 2 unspecified atom stereocenters. The van der Waals surface area contributed by atoms with Gasteiger partial charge in [-0.25, -0.2) is 0 Å². The van der Waals surface area contributed by atoms with Crippen LogP contribution in [0.15, 0.2) is 24.3 Å². The molecule has 1 amide bonds. The fourth-order valence-electron chi connectivity index (χ4n) is 3.23. The molecule has 138 valence electrons. The maximum Gasteiger partial charge on any atom is 0.303 e. The van der Waals surface area contributed by atoms with E-state index >= 15 is 0 Å². The summed E-state index contributed by atoms with van der Waals surface area (Å²) in [6.07, 6.45) is 5.24. The Morgan fingerprint density at radius 2 is 1.88 bits per heavy atom. The van der Waals surface area contributed by atoms with Crippen molar-refractivity contribution in [2.75, 3.05) is 13.2 Å². The van der Waals surface area contributed by atoms with Gasteiger partial charge in [0.15, 0.2) is 0 Å². The molecule has 1 aromatic carbocycles. The Bertz CT molecular complexity index is 555. The Morgan fingerprint density at radius 1 is 1.16 bits per heavy atom. The topological polar surface area (TPSA) is 75.6 Å². The number of nitrogens with one attached hydrogen (secondary N) is 1. The van der Waals surface area contributed by atoms with E-state index in [0.717, 1.165) is 37.7 Å². The van der Waals surface area contributed by atoms with E-state index in [1.165, 1.54) is 5.56 Å². The maximum atomic E-state index is 12.6. The minimum absolute atomic E-state index is 0.0656. The van der Waals surface area contributed by atoms with Crippen LogP contribution < -0.4 is 5.32 Å². The van der Waals surface area contributed by atoms with Crippen LogP contribution in [-0.4, -0.2) is 30.1 Å². The van der Waals surface area contributed by atoms with Gasteiger partial charge >= 0.3 is 5.97 Å². The van der Waals surface area contributed by atoms with Crippen LogP contribution in [0.2, 0.25) is 0 Å². The minimum Gasteiger partial charge on any atom is -0.481 e. The van der Waals surface area contributed by atoms with E-state index in [4.69, 9.17) is 9.84 Å². The molecule has 1 heterocycles. The van der Waals surface area contributed by atoms with Crippen molar-refractivity contribution in [1.29, 1.82) is 0 Å². The molecule has 0 spiro atoms. The molecule has 2 N–H and O–H groups in total. The molecule has 0 radical (unpaired) electrons. The molecule has 1 saturated heterocycles. The number of carbonyl (C=O) groups excluding carboxylic acids is 1. The molecule has 1 aliphatic rings. The van der Waals surface area contributed by atoms with Crippen LogP contribution >= 0.6 is 0 Å². The molecule has 0 bridgehead atoms. The van der Waals surface area contributed by atoms with Crippen LogP contribution in [0.5, 0.6) is 0 Å². The average Bonchev–Trinajstić information content (AvgIpc) is 2.61. The predicted molar refractivity (Wildman–Crippen MR) is 96.3 cm³/mol. The van der Waals surface area contributed by atoms with Crippen LogP contribution in [0.1, 0.15) is 62.2 Å². The summed E-state index contributed by atoms with van der Waals surface area (Å²) in [5.74, 6) is -0.813. The summed E-state index contributed by atoms with van der Waals surface area (Å²) >= 11 is 0. The first kappa shape index (κ1) is 19.4. The van der Waals surface area contributed by atoms with Crippen molar-refractivity contribution < 1.29 is 19.4 Å². The summed E-state index contributed by atoms with van der Waals surface area (Å²) in [6, 6.07) is 8.21. The second kappa shape index (κ2) is 10.2. The number of hydrogen-bond acceptors (Lipinski definition) is 3. The molecule has 1 fully saturated rings. The van der Waals surface area contributed by atoms with Crippen molar-refractivity contribution in [3.63, 3.8) is 0 Å². The largest absolute Gasteiger partial charge is 0.481 e. The zero-order valence-corrected chi connectivity index (χ0v) is 15.0. The Kier molecular flexibility index (Phi) is 7.92. The highest BCUT2D eigenvalue weighted by atomic mass is 16.5. The lowest BCUT2D eigenvalue weighted by atomic mass is 9.88. The summed E-state index contributed by atoms with van der Waals surface area (Å²) in [4.78, 5) is 23.0. The van der Waals surface area contributed by atoms with E-state index in [9.17, 15) is 9.59 Å². The summed E-state index contributed by atoms with van der Waals surface area (Å²) < 4.78 is 5.90. The lowest BCUT2D eigenvalue weighted by molar-refractivity contribution is -0.137. The summed E-state index contributed by atoms with van der Waals surface area (Å²) in [7, 11) is 0. The molecular weight excluding hydrogens is 318 g/mol. The molecule has 0 aliphatic carbocycles. The van der Waals surface area contributed by atoms with Crippen molar-refractivity contribution in [3.8, 4) is 0 Å². The highest BCUT2D eigenvalue weighted by Gasteiger charge is 2.32. The number of amides is 1. The lowest BCUT2D eigenvalue weighted by Gasteiger charge is -2.31. The van der Waals surface area contributed by atoms with Gasteiger partial charge in [-0.05, 0) is 38.2 Å². The van der Waals surface area contributed by atoms with Gasteiger partial charge < -0.3 is 15.2 Å². The number of aliphatic carboxylic acids is 1. The molecule has 2 atom stereocenters. The number of benzene rings is 1. The van der Waals surface area contributed by atoms with Crippen LogP contribution in [0.3, 0.4) is 0 Å². The zero-order chi connectivity index (χ0) is 18.1. The Hall–Kier alpha value is -1.88. The van der Waals surface area contributed by atoms with Gasteiger partial charge in [0.2, 0.25) is 5.91 Å². The number of carboxylic acid groups (broad SMARTS) is 1. The van der Waals surface area contributed by atoms with Gasteiger partial charge in [-0.2, -0.15) is 0 Å². The lowest BCUT2D eigenvalue weighted by Crippen LogP contribution is -2.38. The Labute approximate surface area is 149 Å². The molecule has 1 aliphatic heterocycles. The summed E-state index contributed by atoms with van der Waals surface area (Å²) in [5, 5.41) is 11.6. The van der Waals surface area contributed by atoms with E-state index in [-0.39, 0.29) is 24.3 Å². The van der Waals surface area contributed by atoms with Crippen LogP contribution in [0.25, 0.3) is 0 Å². The summed E-state index contributed by atoms with van der Waals surface area (Å²) in [6.45, 7) is 3.39. The van der Waals surface area contributed by atoms with Gasteiger partial charge in [-0.1, -0.05) is 42.7 Å². The van der Waals surface area contributed by atoms with Crippen molar-refractivity contribution in [1.82, 2.24) is 5.32 Å². The second-order valence-corrected chi connectivity index (χ2v) is 6.80. The predicted octanol–water partition coefficient (Wildman–Crippen LogP) is 3.61. The molecule has 25 heavy (non-hydrogen) atoms. The standard InChI is InChI=1S/C20H29NO4/c1-15-9-11-16(12-10-15)19-17(7-6-14-25-19)20(24)21-13-5-3-2-4-8-18(22)23/h9-12,17,19H,2-8,13-14H2,1H3,(H,21,24)(H,22,23). The first-order valence-corrected chi connectivity index (χ1v) is 9.25. The minimum atomic E-state index is -0.743. The van der Waals surface area contributed by atoms with E-state index in [0.29, 0.717) is 19.6 Å². The molecule has 0 saturated carbocycles. The number of carbonyl (C=O) groups is 2. The van der Waals surface area contributed by atoms with E-state index in [1.807, 2.05) is 19.1 Å². The Morgan fingerprint density at radius 3 is 2.60 bits per heavy atom. The van der Waals surface area contributed by atoms with E-state index < -0.39 is 5.97 Å². The second-order valence-electron chi connectivity index (χ2n) is 6.80. The van der Waals surface area contributed by atoms with Crippen molar-refractivity contribution >= 4 is 11.9 Å². The van der Waals surface area contributed by atoms with Crippen LogP contribution in [0, 0.1) is 12.8 Å². The first-order chi connectivity index (χ1) is 12.1. The fourth-order valence-corrected chi connectivity index (χ4v) is 3.23. The quantitative estimate of drug-likeness (QED) is 0.669. The molecule has 2 rings (SSSR count). The molecule has 0 aromatic heterocycles. The number of hydrogen-bond donors (Lipinski definition) is 2.